The van der Waals surface area contributed by atoms with Crippen molar-refractivity contribution in [1.82, 2.24) is 0 Å². The minimum absolute atomic E-state index is 0.834. The van der Waals surface area contributed by atoms with Gasteiger partial charge in [-0.05, 0) is 61.9 Å². The largest absolute Gasteiger partial charge is 0.0808 e. The molecule has 1 fully saturated rings. The van der Waals surface area contributed by atoms with E-state index in [-0.39, 0.29) is 0 Å². The lowest BCUT2D eigenvalue weighted by Gasteiger charge is -2.30. The van der Waals surface area contributed by atoms with Gasteiger partial charge in [-0.15, -0.1) is 0 Å². The maximum absolute atomic E-state index is 2.60. The van der Waals surface area contributed by atoms with Crippen LogP contribution in [0, 0.1) is 17.8 Å². The zero-order valence-electron chi connectivity index (χ0n) is 16.6. The maximum atomic E-state index is 2.60. The van der Waals surface area contributed by atoms with E-state index in [2.05, 4.69) is 32.1 Å². The van der Waals surface area contributed by atoms with Gasteiger partial charge in [0.25, 0.3) is 0 Å². The van der Waals surface area contributed by atoms with Crippen molar-refractivity contribution < 1.29 is 0 Å². The average molecular weight is 331 g/mol. The number of unbranched alkanes of at least 4 members (excludes halogenated alkanes) is 6. The molecule has 1 saturated carbocycles. The van der Waals surface area contributed by atoms with Crippen LogP contribution in [-0.4, -0.2) is 0 Å². The zero-order chi connectivity index (χ0) is 17.0. The molecule has 1 atom stereocenters. The first-order chi connectivity index (χ1) is 11.8. The van der Waals surface area contributed by atoms with Crippen molar-refractivity contribution in [3.8, 4) is 0 Å². The fourth-order valence-corrected chi connectivity index (χ4v) is 4.66. The first-order valence-corrected chi connectivity index (χ1v) is 11.2. The number of allylic oxidation sites excluding steroid dienone is 4. The second-order valence-electron chi connectivity index (χ2n) is 8.48. The quantitative estimate of drug-likeness (QED) is 0.335. The van der Waals surface area contributed by atoms with Crippen LogP contribution in [-0.2, 0) is 0 Å². The molecule has 0 N–H and O–H groups in total. The molecule has 24 heavy (non-hydrogen) atoms. The monoisotopic (exact) mass is 330 g/mol. The number of rotatable bonds is 11. The summed E-state index contributed by atoms with van der Waals surface area (Å²) in [6.07, 6.45) is 29.1. The van der Waals surface area contributed by atoms with Crippen LogP contribution in [0.2, 0.25) is 0 Å². The van der Waals surface area contributed by atoms with Crippen molar-refractivity contribution in [3.63, 3.8) is 0 Å². The van der Waals surface area contributed by atoms with Crippen molar-refractivity contribution in [2.24, 2.45) is 17.8 Å². The topological polar surface area (TPSA) is 0 Å². The van der Waals surface area contributed by atoms with Gasteiger partial charge in [-0.3, -0.25) is 0 Å². The summed E-state index contributed by atoms with van der Waals surface area (Å²) in [5, 5.41) is 0. The van der Waals surface area contributed by atoms with Gasteiger partial charge in [-0.2, -0.15) is 0 Å². The zero-order valence-corrected chi connectivity index (χ0v) is 16.6. The molecule has 2 aliphatic carbocycles. The first-order valence-electron chi connectivity index (χ1n) is 11.2. The van der Waals surface area contributed by atoms with Gasteiger partial charge in [0.15, 0.2) is 0 Å². The molecule has 0 heteroatoms. The van der Waals surface area contributed by atoms with Crippen LogP contribution in [0.15, 0.2) is 23.8 Å². The Morgan fingerprint density at radius 2 is 1.50 bits per heavy atom. The summed E-state index contributed by atoms with van der Waals surface area (Å²) in [4.78, 5) is 0. The second kappa shape index (κ2) is 11.9. The summed E-state index contributed by atoms with van der Waals surface area (Å²) in [6.45, 7) is 4.62. The Morgan fingerprint density at radius 1 is 0.792 bits per heavy atom. The highest BCUT2D eigenvalue weighted by molar-refractivity contribution is 5.26. The van der Waals surface area contributed by atoms with Crippen LogP contribution in [0.3, 0.4) is 0 Å². The van der Waals surface area contributed by atoms with Gasteiger partial charge in [0.2, 0.25) is 0 Å². The Labute approximate surface area is 152 Å². The molecule has 0 nitrogen and oxygen atoms in total. The molecular formula is C24H42. The van der Waals surface area contributed by atoms with Gasteiger partial charge >= 0.3 is 0 Å². The van der Waals surface area contributed by atoms with Crippen molar-refractivity contribution in [1.29, 1.82) is 0 Å². The summed E-state index contributed by atoms with van der Waals surface area (Å²) >= 11 is 0. The molecule has 0 heterocycles. The van der Waals surface area contributed by atoms with Crippen LogP contribution >= 0.6 is 0 Å². The van der Waals surface area contributed by atoms with E-state index in [0.29, 0.717) is 0 Å². The van der Waals surface area contributed by atoms with Crippen LogP contribution in [0.5, 0.6) is 0 Å². The van der Waals surface area contributed by atoms with Crippen LogP contribution in [0.4, 0.5) is 0 Å². The van der Waals surface area contributed by atoms with E-state index in [4.69, 9.17) is 0 Å². The van der Waals surface area contributed by atoms with Crippen LogP contribution in [0.1, 0.15) is 110 Å². The molecule has 0 aromatic rings. The summed E-state index contributed by atoms with van der Waals surface area (Å²) in [5.41, 5.74) is 1.68. The van der Waals surface area contributed by atoms with Crippen molar-refractivity contribution in [3.05, 3.63) is 23.8 Å². The van der Waals surface area contributed by atoms with Gasteiger partial charge in [0, 0.05) is 0 Å². The third-order valence-electron chi connectivity index (χ3n) is 6.43. The van der Waals surface area contributed by atoms with Crippen LogP contribution < -0.4 is 0 Å². The molecule has 0 radical (unpaired) electrons. The molecule has 0 aliphatic heterocycles. The number of hydrogen-bond acceptors (Lipinski definition) is 0. The van der Waals surface area contributed by atoms with Gasteiger partial charge in [0.1, 0.15) is 0 Å². The van der Waals surface area contributed by atoms with E-state index >= 15 is 0 Å². The van der Waals surface area contributed by atoms with Gasteiger partial charge < -0.3 is 0 Å². The molecule has 0 aromatic heterocycles. The fraction of sp³-hybridized carbons (Fsp3) is 0.833. The standard InChI is InChI=1S/C24H42/c1-3-5-7-8-9-10-12-22-15-19-24(20-16-22)23-17-13-21(14-18-23)11-6-4-2/h15,19-23H,3-14,16-18H2,1-2H3. The summed E-state index contributed by atoms with van der Waals surface area (Å²) < 4.78 is 0. The van der Waals surface area contributed by atoms with E-state index in [1.54, 1.807) is 5.57 Å². The Kier molecular flexibility index (Phi) is 9.85. The molecule has 0 saturated heterocycles. The van der Waals surface area contributed by atoms with Crippen molar-refractivity contribution in [2.45, 2.75) is 110 Å². The van der Waals surface area contributed by atoms with E-state index < -0.39 is 0 Å². The first kappa shape index (κ1) is 19.8. The molecular weight excluding hydrogens is 288 g/mol. The van der Waals surface area contributed by atoms with Crippen molar-refractivity contribution >= 4 is 0 Å². The molecule has 0 amide bonds. The summed E-state index contributed by atoms with van der Waals surface area (Å²) in [7, 11) is 0. The van der Waals surface area contributed by atoms with E-state index in [1.807, 2.05) is 0 Å². The SMILES string of the molecule is CCCCCCCCC1C=CC(C2CCC(CCCC)CC2)=CC1. The molecule has 1 unspecified atom stereocenters. The van der Waals surface area contributed by atoms with E-state index in [9.17, 15) is 0 Å². The van der Waals surface area contributed by atoms with Gasteiger partial charge in [-0.1, -0.05) is 89.9 Å². The lowest BCUT2D eigenvalue weighted by molar-refractivity contribution is 0.284. The predicted octanol–water partition coefficient (Wildman–Crippen LogP) is 8.24. The minimum atomic E-state index is 0.834. The lowest BCUT2D eigenvalue weighted by Crippen LogP contribution is -2.17. The van der Waals surface area contributed by atoms with E-state index in [1.165, 1.54) is 96.3 Å². The Balaban J connectivity index is 1.59. The molecule has 138 valence electrons. The van der Waals surface area contributed by atoms with Crippen LogP contribution in [0.25, 0.3) is 0 Å². The Bertz CT molecular complexity index is 367. The van der Waals surface area contributed by atoms with Crippen molar-refractivity contribution in [2.75, 3.05) is 0 Å². The van der Waals surface area contributed by atoms with Gasteiger partial charge in [-0.25, -0.2) is 0 Å². The lowest BCUT2D eigenvalue weighted by atomic mass is 9.75. The third kappa shape index (κ3) is 7.16. The molecule has 2 rings (SSSR count). The highest BCUT2D eigenvalue weighted by Crippen LogP contribution is 2.37. The highest BCUT2D eigenvalue weighted by Gasteiger charge is 2.23. The molecule has 0 spiro atoms. The molecule has 0 aromatic carbocycles. The second-order valence-corrected chi connectivity index (χ2v) is 8.48. The average Bonchev–Trinajstić information content (AvgIpc) is 2.64. The maximum Gasteiger partial charge on any atom is -0.0165 e. The normalized spacial score (nSPS) is 27.2. The predicted molar refractivity (Wildman–Crippen MR) is 108 cm³/mol. The Morgan fingerprint density at radius 3 is 2.17 bits per heavy atom. The third-order valence-corrected chi connectivity index (χ3v) is 6.43. The summed E-state index contributed by atoms with van der Waals surface area (Å²) in [5.74, 6) is 2.75. The highest BCUT2D eigenvalue weighted by atomic mass is 14.3. The summed E-state index contributed by atoms with van der Waals surface area (Å²) in [6, 6.07) is 0. The molecule has 0 bridgehead atoms. The Hall–Kier alpha value is -0.520. The minimum Gasteiger partial charge on any atom is -0.0808 e. The van der Waals surface area contributed by atoms with Gasteiger partial charge in [0.05, 0.1) is 0 Å². The molecule has 2 aliphatic rings. The smallest absolute Gasteiger partial charge is 0.0165 e. The fourth-order valence-electron chi connectivity index (χ4n) is 4.66. The van der Waals surface area contributed by atoms with E-state index in [0.717, 1.165) is 17.8 Å². The number of hydrogen-bond donors (Lipinski definition) is 0.